The van der Waals surface area contributed by atoms with Gasteiger partial charge < -0.3 is 29.5 Å². The van der Waals surface area contributed by atoms with Gasteiger partial charge in [-0.25, -0.2) is 0 Å². The Morgan fingerprint density at radius 1 is 1.20 bits per heavy atom. The quantitative estimate of drug-likeness (QED) is 0.446. The monoisotopic (exact) mass is 410 g/mol. The molecule has 1 N–H and O–H groups in total. The third kappa shape index (κ3) is 4.79. The normalized spacial score (nSPS) is 10.3. The molecular weight excluding hydrogens is 392 g/mol. The van der Waals surface area contributed by atoms with Crippen molar-refractivity contribution in [2.45, 2.75) is 6.54 Å². The zero-order valence-corrected chi connectivity index (χ0v) is 16.0. The Hall–Kier alpha value is -4.21. The van der Waals surface area contributed by atoms with Gasteiger partial charge >= 0.3 is 5.82 Å². The van der Waals surface area contributed by atoms with Gasteiger partial charge in [-0.3, -0.25) is 9.59 Å². The van der Waals surface area contributed by atoms with Gasteiger partial charge in [-0.15, -0.1) is 0 Å². The Kier molecular flexibility index (Phi) is 6.38. The van der Waals surface area contributed by atoms with E-state index >= 15 is 0 Å². The lowest BCUT2D eigenvalue weighted by Crippen LogP contribution is -2.33. The second-order valence-electron chi connectivity index (χ2n) is 6.10. The number of amides is 2. The summed E-state index contributed by atoms with van der Waals surface area (Å²) in [6, 6.07) is 12.8. The number of likely N-dealkylation sites (N-methyl/N-ethyl adjacent to an activating group) is 1. The number of benzene rings is 1. The SMILES string of the molecule is CN(C(=O)COc1cccnc1[N+](=O)[O-])c1ccccc1C(=O)NCc1ccco1. The standard InChI is InChI=1S/C20H18N4O6/c1-23(18(25)13-30-17-9-4-10-21-19(17)24(27)28)16-8-3-2-7-15(16)20(26)22-12-14-6-5-11-29-14/h2-11H,12-13H2,1H3,(H,22,26). The van der Waals surface area contributed by atoms with E-state index in [-0.39, 0.29) is 23.8 Å². The van der Waals surface area contributed by atoms with Crippen molar-refractivity contribution in [2.75, 3.05) is 18.6 Å². The van der Waals surface area contributed by atoms with Crippen molar-refractivity contribution in [3.63, 3.8) is 0 Å². The molecule has 0 spiro atoms. The lowest BCUT2D eigenvalue weighted by atomic mass is 10.1. The van der Waals surface area contributed by atoms with Crippen LogP contribution >= 0.6 is 0 Å². The van der Waals surface area contributed by atoms with Crippen LogP contribution in [0.2, 0.25) is 0 Å². The number of carbonyl (C=O) groups excluding carboxylic acids is 2. The predicted molar refractivity (Wildman–Crippen MR) is 106 cm³/mol. The number of nitro groups is 1. The summed E-state index contributed by atoms with van der Waals surface area (Å²) in [5.41, 5.74) is 0.649. The molecule has 0 fully saturated rings. The summed E-state index contributed by atoms with van der Waals surface area (Å²) in [6.07, 6.45) is 2.77. The molecule has 30 heavy (non-hydrogen) atoms. The van der Waals surface area contributed by atoms with E-state index in [1.807, 2.05) is 0 Å². The second kappa shape index (κ2) is 9.32. The van der Waals surface area contributed by atoms with Crippen LogP contribution in [0.5, 0.6) is 5.75 Å². The van der Waals surface area contributed by atoms with Gasteiger partial charge in [0.15, 0.2) is 6.61 Å². The summed E-state index contributed by atoms with van der Waals surface area (Å²) in [5.74, 6) is -0.888. The highest BCUT2D eigenvalue weighted by atomic mass is 16.6. The number of nitrogens with one attached hydrogen (secondary N) is 1. The van der Waals surface area contributed by atoms with Crippen molar-refractivity contribution < 1.29 is 23.7 Å². The number of aromatic nitrogens is 1. The minimum atomic E-state index is -0.692. The van der Waals surface area contributed by atoms with Gasteiger partial charge in [-0.05, 0) is 46.3 Å². The smallest absolute Gasteiger partial charge is 0.406 e. The lowest BCUT2D eigenvalue weighted by Gasteiger charge is -2.20. The van der Waals surface area contributed by atoms with Crippen molar-refractivity contribution in [1.82, 2.24) is 10.3 Å². The average Bonchev–Trinajstić information content (AvgIpc) is 3.29. The highest BCUT2D eigenvalue weighted by molar-refractivity contribution is 6.04. The summed E-state index contributed by atoms with van der Waals surface area (Å²) < 4.78 is 10.5. The van der Waals surface area contributed by atoms with E-state index in [9.17, 15) is 19.7 Å². The first kappa shape index (κ1) is 20.5. The van der Waals surface area contributed by atoms with Crippen LogP contribution in [0.3, 0.4) is 0 Å². The zero-order chi connectivity index (χ0) is 21.5. The summed E-state index contributed by atoms with van der Waals surface area (Å²) in [7, 11) is 1.49. The van der Waals surface area contributed by atoms with E-state index in [0.717, 1.165) is 0 Å². The first-order valence-electron chi connectivity index (χ1n) is 8.85. The zero-order valence-electron chi connectivity index (χ0n) is 16.0. The number of carbonyl (C=O) groups is 2. The van der Waals surface area contributed by atoms with Crippen LogP contribution in [0.25, 0.3) is 0 Å². The number of para-hydroxylation sites is 1. The van der Waals surface area contributed by atoms with Crippen LogP contribution in [0, 0.1) is 10.1 Å². The Labute approximate surface area is 171 Å². The Bertz CT molecular complexity index is 1050. The van der Waals surface area contributed by atoms with E-state index in [1.165, 1.54) is 36.5 Å². The van der Waals surface area contributed by atoms with E-state index < -0.39 is 23.3 Å². The second-order valence-corrected chi connectivity index (χ2v) is 6.10. The summed E-state index contributed by atoms with van der Waals surface area (Å²) >= 11 is 0. The van der Waals surface area contributed by atoms with E-state index in [2.05, 4.69) is 10.3 Å². The molecule has 0 aliphatic rings. The molecule has 154 valence electrons. The van der Waals surface area contributed by atoms with Crippen LogP contribution < -0.4 is 15.0 Å². The van der Waals surface area contributed by atoms with E-state index in [1.54, 1.807) is 36.4 Å². The largest absolute Gasteiger partial charge is 0.476 e. The van der Waals surface area contributed by atoms with Crippen molar-refractivity contribution in [2.24, 2.45) is 0 Å². The van der Waals surface area contributed by atoms with Crippen LogP contribution in [-0.2, 0) is 11.3 Å². The fraction of sp³-hybridized carbons (Fsp3) is 0.150. The topological polar surface area (TPSA) is 128 Å². The Balaban J connectivity index is 1.69. The molecule has 2 amide bonds. The van der Waals surface area contributed by atoms with Gasteiger partial charge in [0.1, 0.15) is 12.0 Å². The number of anilines is 1. The van der Waals surface area contributed by atoms with Crippen molar-refractivity contribution in [3.05, 3.63) is 82.4 Å². The maximum atomic E-state index is 12.6. The first-order valence-corrected chi connectivity index (χ1v) is 8.85. The predicted octanol–water partition coefficient (Wildman–Crippen LogP) is 2.55. The molecule has 0 atom stereocenters. The fourth-order valence-corrected chi connectivity index (χ4v) is 2.64. The molecule has 10 heteroatoms. The van der Waals surface area contributed by atoms with E-state index in [4.69, 9.17) is 9.15 Å². The number of ether oxygens (including phenoxy) is 1. The molecule has 0 saturated carbocycles. The van der Waals surface area contributed by atoms with Gasteiger partial charge in [0.2, 0.25) is 5.75 Å². The molecule has 2 heterocycles. The first-order chi connectivity index (χ1) is 14.5. The third-order valence-electron chi connectivity index (χ3n) is 4.16. The highest BCUT2D eigenvalue weighted by Gasteiger charge is 2.21. The highest BCUT2D eigenvalue weighted by Crippen LogP contribution is 2.24. The van der Waals surface area contributed by atoms with Crippen LogP contribution in [-0.4, -0.2) is 35.4 Å². The molecule has 3 rings (SSSR count). The van der Waals surface area contributed by atoms with Crippen LogP contribution in [0.15, 0.2) is 65.4 Å². The lowest BCUT2D eigenvalue weighted by molar-refractivity contribution is -0.390. The molecule has 10 nitrogen and oxygen atoms in total. The molecule has 0 saturated heterocycles. The summed E-state index contributed by atoms with van der Waals surface area (Å²) in [6.45, 7) is -0.267. The molecule has 0 aliphatic carbocycles. The molecule has 1 aromatic carbocycles. The van der Waals surface area contributed by atoms with E-state index in [0.29, 0.717) is 11.4 Å². The number of nitrogens with zero attached hydrogens (tertiary/aromatic N) is 3. The molecule has 0 bridgehead atoms. The molecule has 2 aromatic heterocycles. The van der Waals surface area contributed by atoms with Gasteiger partial charge in [0, 0.05) is 7.05 Å². The molecule has 0 radical (unpaired) electrons. The van der Waals surface area contributed by atoms with Gasteiger partial charge in [-0.1, -0.05) is 12.1 Å². The van der Waals surface area contributed by atoms with Crippen molar-refractivity contribution in [1.29, 1.82) is 0 Å². The van der Waals surface area contributed by atoms with Gasteiger partial charge in [0.05, 0.1) is 24.1 Å². The van der Waals surface area contributed by atoms with Gasteiger partial charge in [0.25, 0.3) is 11.8 Å². The Morgan fingerprint density at radius 2 is 2.00 bits per heavy atom. The summed E-state index contributed by atoms with van der Waals surface area (Å²) in [4.78, 5) is 40.4. The van der Waals surface area contributed by atoms with Crippen LogP contribution in [0.4, 0.5) is 11.5 Å². The maximum Gasteiger partial charge on any atom is 0.406 e. The van der Waals surface area contributed by atoms with Gasteiger partial charge in [-0.2, -0.15) is 0 Å². The number of pyridine rings is 1. The molecular formula is C20H18N4O6. The number of furan rings is 1. The summed E-state index contributed by atoms with van der Waals surface area (Å²) in [5, 5.41) is 13.7. The third-order valence-corrected chi connectivity index (χ3v) is 4.16. The molecule has 0 unspecified atom stereocenters. The minimum absolute atomic E-state index is 0.117. The van der Waals surface area contributed by atoms with Crippen molar-refractivity contribution >= 4 is 23.3 Å². The van der Waals surface area contributed by atoms with Crippen LogP contribution in [0.1, 0.15) is 16.1 Å². The average molecular weight is 410 g/mol. The van der Waals surface area contributed by atoms with Crippen molar-refractivity contribution in [3.8, 4) is 5.75 Å². The molecule has 3 aromatic rings. The number of rotatable bonds is 8. The number of hydrogen-bond donors (Lipinski definition) is 1. The minimum Gasteiger partial charge on any atom is -0.476 e. The maximum absolute atomic E-state index is 12.6. The Morgan fingerprint density at radius 3 is 2.73 bits per heavy atom. The number of hydrogen-bond acceptors (Lipinski definition) is 7. The fourth-order valence-electron chi connectivity index (χ4n) is 2.64. The molecule has 0 aliphatic heterocycles.